The Morgan fingerprint density at radius 2 is 2.21 bits per heavy atom. The van der Waals surface area contributed by atoms with Gasteiger partial charge in [-0.3, -0.25) is 9.69 Å². The first-order chi connectivity index (χ1) is 9.22. The third-order valence-corrected chi connectivity index (χ3v) is 4.03. The molecule has 2 aliphatic rings. The van der Waals surface area contributed by atoms with Crippen LogP contribution in [-0.2, 0) is 11.3 Å². The molecule has 0 amide bonds. The number of carbonyl (C=O) groups is 1. The maximum absolute atomic E-state index is 11.3. The molecule has 1 aliphatic heterocycles. The van der Waals surface area contributed by atoms with Crippen LogP contribution in [0.5, 0.6) is 0 Å². The summed E-state index contributed by atoms with van der Waals surface area (Å²) in [5, 5.41) is 4.07. The highest BCUT2D eigenvalue weighted by atomic mass is 16.5. The minimum atomic E-state index is 0.267. The monoisotopic (exact) mass is 263 g/mol. The number of nitrogens with zero attached hydrogens (tertiary/aromatic N) is 3. The van der Waals surface area contributed by atoms with Gasteiger partial charge in [-0.05, 0) is 39.2 Å². The molecule has 1 aliphatic carbocycles. The smallest absolute Gasteiger partial charge is 0.229 e. The highest BCUT2D eigenvalue weighted by Crippen LogP contribution is 2.38. The molecule has 5 heteroatoms. The molecule has 0 aromatic carbocycles. The standard InChI is InChI=1S/C14H21N3O2/c1-10(18)8-12-4-2-3-7-17(12)9-13-15-14(19-16-13)11-5-6-11/h11-12H,2-9H2,1H3. The van der Waals surface area contributed by atoms with Crippen LogP contribution in [0.15, 0.2) is 4.52 Å². The molecule has 19 heavy (non-hydrogen) atoms. The largest absolute Gasteiger partial charge is 0.339 e. The number of likely N-dealkylation sites (tertiary alicyclic amines) is 1. The molecule has 5 nitrogen and oxygen atoms in total. The number of hydrogen-bond acceptors (Lipinski definition) is 5. The highest BCUT2D eigenvalue weighted by molar-refractivity contribution is 5.76. The van der Waals surface area contributed by atoms with Crippen LogP contribution in [-0.4, -0.2) is 33.4 Å². The van der Waals surface area contributed by atoms with Gasteiger partial charge in [-0.15, -0.1) is 0 Å². The van der Waals surface area contributed by atoms with Crippen LogP contribution in [0, 0.1) is 0 Å². The summed E-state index contributed by atoms with van der Waals surface area (Å²) in [4.78, 5) is 18.2. The van der Waals surface area contributed by atoms with Crippen LogP contribution in [0.2, 0.25) is 0 Å². The summed E-state index contributed by atoms with van der Waals surface area (Å²) >= 11 is 0. The van der Waals surface area contributed by atoms with Crippen molar-refractivity contribution < 1.29 is 9.32 Å². The first kappa shape index (κ1) is 12.8. The van der Waals surface area contributed by atoms with Crippen molar-refractivity contribution in [1.82, 2.24) is 15.0 Å². The van der Waals surface area contributed by atoms with Crippen LogP contribution >= 0.6 is 0 Å². The van der Waals surface area contributed by atoms with Crippen molar-refractivity contribution in [3.8, 4) is 0 Å². The summed E-state index contributed by atoms with van der Waals surface area (Å²) < 4.78 is 5.29. The maximum atomic E-state index is 11.3. The van der Waals surface area contributed by atoms with E-state index < -0.39 is 0 Å². The Labute approximate surface area is 113 Å². The van der Waals surface area contributed by atoms with E-state index in [1.165, 1.54) is 25.7 Å². The van der Waals surface area contributed by atoms with Crippen molar-refractivity contribution in [3.63, 3.8) is 0 Å². The number of Topliss-reactive ketones (excluding diaryl/α,β-unsaturated/α-hetero) is 1. The second-order valence-corrected chi connectivity index (χ2v) is 5.85. The lowest BCUT2D eigenvalue weighted by molar-refractivity contribution is -0.118. The van der Waals surface area contributed by atoms with Gasteiger partial charge in [0, 0.05) is 18.4 Å². The van der Waals surface area contributed by atoms with Gasteiger partial charge in [0.05, 0.1) is 6.54 Å². The van der Waals surface area contributed by atoms with Gasteiger partial charge >= 0.3 is 0 Å². The fourth-order valence-electron chi connectivity index (χ4n) is 2.84. The fraction of sp³-hybridized carbons (Fsp3) is 0.786. The Balaban J connectivity index is 1.63. The zero-order valence-corrected chi connectivity index (χ0v) is 11.5. The molecule has 1 atom stereocenters. The molecule has 1 aromatic rings. The Morgan fingerprint density at radius 1 is 1.37 bits per heavy atom. The molecular formula is C14H21N3O2. The Bertz CT molecular complexity index is 453. The molecule has 0 radical (unpaired) electrons. The van der Waals surface area contributed by atoms with Crippen molar-refractivity contribution in [3.05, 3.63) is 11.7 Å². The predicted octanol–water partition coefficient (Wildman–Crippen LogP) is 2.28. The quantitative estimate of drug-likeness (QED) is 0.815. The SMILES string of the molecule is CC(=O)CC1CCCCN1Cc1noc(C2CC2)n1. The lowest BCUT2D eigenvalue weighted by Crippen LogP contribution is -2.40. The van der Waals surface area contributed by atoms with Gasteiger partial charge in [0.25, 0.3) is 0 Å². The summed E-state index contributed by atoms with van der Waals surface area (Å²) in [6, 6.07) is 0.356. The van der Waals surface area contributed by atoms with E-state index in [4.69, 9.17) is 4.52 Å². The Hall–Kier alpha value is -1.23. The van der Waals surface area contributed by atoms with Crippen LogP contribution in [0.4, 0.5) is 0 Å². The van der Waals surface area contributed by atoms with Crippen molar-refractivity contribution in [2.24, 2.45) is 0 Å². The summed E-state index contributed by atoms with van der Waals surface area (Å²) in [5.74, 6) is 2.35. The average molecular weight is 263 g/mol. The number of carbonyl (C=O) groups excluding carboxylic acids is 1. The van der Waals surface area contributed by atoms with E-state index in [9.17, 15) is 4.79 Å². The number of piperidine rings is 1. The first-order valence-electron chi connectivity index (χ1n) is 7.28. The van der Waals surface area contributed by atoms with E-state index in [1.807, 2.05) is 0 Å². The van der Waals surface area contributed by atoms with Gasteiger partial charge in [-0.1, -0.05) is 11.6 Å². The zero-order chi connectivity index (χ0) is 13.2. The van der Waals surface area contributed by atoms with Gasteiger partial charge in [0.15, 0.2) is 5.82 Å². The molecule has 1 saturated heterocycles. The van der Waals surface area contributed by atoms with E-state index in [1.54, 1.807) is 6.92 Å². The molecule has 0 bridgehead atoms. The average Bonchev–Trinajstić information content (AvgIpc) is 3.12. The number of hydrogen-bond donors (Lipinski definition) is 0. The zero-order valence-electron chi connectivity index (χ0n) is 11.5. The second-order valence-electron chi connectivity index (χ2n) is 5.85. The number of rotatable bonds is 5. The molecule has 2 fully saturated rings. The second kappa shape index (κ2) is 5.41. The lowest BCUT2D eigenvalue weighted by atomic mass is 9.98. The van der Waals surface area contributed by atoms with Gasteiger partial charge in [-0.2, -0.15) is 4.98 Å². The van der Waals surface area contributed by atoms with Crippen LogP contribution in [0.3, 0.4) is 0 Å². The molecule has 1 unspecified atom stereocenters. The maximum Gasteiger partial charge on any atom is 0.229 e. The van der Waals surface area contributed by atoms with E-state index in [0.717, 1.165) is 24.7 Å². The van der Waals surface area contributed by atoms with Crippen molar-refractivity contribution in [2.75, 3.05) is 6.54 Å². The van der Waals surface area contributed by atoms with E-state index in [2.05, 4.69) is 15.0 Å². The first-order valence-corrected chi connectivity index (χ1v) is 7.28. The number of aromatic nitrogens is 2. The minimum Gasteiger partial charge on any atom is -0.339 e. The molecule has 2 heterocycles. The van der Waals surface area contributed by atoms with E-state index in [-0.39, 0.29) is 5.78 Å². The third-order valence-electron chi connectivity index (χ3n) is 4.03. The summed E-state index contributed by atoms with van der Waals surface area (Å²) in [6.45, 7) is 3.42. The van der Waals surface area contributed by atoms with Crippen LogP contribution < -0.4 is 0 Å². The topological polar surface area (TPSA) is 59.2 Å². The highest BCUT2D eigenvalue weighted by Gasteiger charge is 2.30. The van der Waals surface area contributed by atoms with Crippen molar-refractivity contribution in [2.45, 2.75) is 64.0 Å². The summed E-state index contributed by atoms with van der Waals surface area (Å²) in [7, 11) is 0. The van der Waals surface area contributed by atoms with Gasteiger partial charge in [0.1, 0.15) is 5.78 Å². The van der Waals surface area contributed by atoms with E-state index in [0.29, 0.717) is 24.9 Å². The van der Waals surface area contributed by atoms with Crippen LogP contribution in [0.1, 0.15) is 63.1 Å². The number of ketones is 1. The third kappa shape index (κ3) is 3.21. The summed E-state index contributed by atoms with van der Waals surface area (Å²) in [6.07, 6.45) is 6.52. The molecule has 0 spiro atoms. The predicted molar refractivity (Wildman–Crippen MR) is 69.6 cm³/mol. The molecule has 104 valence electrons. The molecule has 3 rings (SSSR count). The molecule has 1 aromatic heterocycles. The van der Waals surface area contributed by atoms with Crippen molar-refractivity contribution >= 4 is 5.78 Å². The lowest BCUT2D eigenvalue weighted by Gasteiger charge is -2.34. The van der Waals surface area contributed by atoms with Crippen LogP contribution in [0.25, 0.3) is 0 Å². The van der Waals surface area contributed by atoms with Crippen molar-refractivity contribution in [1.29, 1.82) is 0 Å². The normalized spacial score (nSPS) is 24.6. The summed E-state index contributed by atoms with van der Waals surface area (Å²) in [5.41, 5.74) is 0. The molecule has 0 N–H and O–H groups in total. The minimum absolute atomic E-state index is 0.267. The van der Waals surface area contributed by atoms with Gasteiger partial charge < -0.3 is 4.52 Å². The van der Waals surface area contributed by atoms with Gasteiger partial charge in [0.2, 0.25) is 5.89 Å². The Kier molecular flexibility index (Phi) is 3.64. The molecular weight excluding hydrogens is 242 g/mol. The van der Waals surface area contributed by atoms with E-state index >= 15 is 0 Å². The Morgan fingerprint density at radius 3 is 2.95 bits per heavy atom. The fourth-order valence-corrected chi connectivity index (χ4v) is 2.84. The van der Waals surface area contributed by atoms with Gasteiger partial charge in [-0.25, -0.2) is 0 Å². The molecule has 1 saturated carbocycles.